The lowest BCUT2D eigenvalue weighted by atomic mass is 10.0. The van der Waals surface area contributed by atoms with Crippen LogP contribution in [0.25, 0.3) is 0 Å². The minimum Gasteiger partial charge on any atom is -0.497 e. The highest BCUT2D eigenvalue weighted by atomic mass is 16.5. The summed E-state index contributed by atoms with van der Waals surface area (Å²) in [6.07, 6.45) is 0.844. The molecule has 8 heteroatoms. The van der Waals surface area contributed by atoms with E-state index in [0.29, 0.717) is 30.8 Å². The molecule has 0 saturated carbocycles. The van der Waals surface area contributed by atoms with E-state index in [1.54, 1.807) is 36.3 Å². The maximum absolute atomic E-state index is 12.9. The summed E-state index contributed by atoms with van der Waals surface area (Å²) < 4.78 is 5.10. The average Bonchev–Trinajstić information content (AvgIpc) is 3.17. The van der Waals surface area contributed by atoms with Crippen LogP contribution >= 0.6 is 0 Å². The summed E-state index contributed by atoms with van der Waals surface area (Å²) in [5.41, 5.74) is 1.61. The first kappa shape index (κ1) is 19.8. The summed E-state index contributed by atoms with van der Waals surface area (Å²) in [6, 6.07) is 14.8. The Morgan fingerprint density at radius 1 is 1.13 bits per heavy atom. The number of piperazine rings is 1. The van der Waals surface area contributed by atoms with Gasteiger partial charge in [0.1, 0.15) is 17.8 Å². The normalized spacial score (nSPS) is 22.8. The van der Waals surface area contributed by atoms with Crippen LogP contribution in [0.15, 0.2) is 54.6 Å². The lowest BCUT2D eigenvalue weighted by Gasteiger charge is -2.34. The van der Waals surface area contributed by atoms with Gasteiger partial charge in [-0.25, -0.2) is 4.79 Å². The van der Waals surface area contributed by atoms with Gasteiger partial charge < -0.3 is 25.6 Å². The third-order valence-electron chi connectivity index (χ3n) is 5.47. The van der Waals surface area contributed by atoms with Gasteiger partial charge in [-0.3, -0.25) is 9.59 Å². The van der Waals surface area contributed by atoms with Crippen LogP contribution in [0, 0.1) is 0 Å². The number of carbonyl (C=O) groups is 3. The highest BCUT2D eigenvalue weighted by molar-refractivity contribution is 5.98. The van der Waals surface area contributed by atoms with Crippen LogP contribution in [0.4, 0.5) is 10.5 Å². The first-order valence-corrected chi connectivity index (χ1v) is 9.90. The zero-order valence-corrected chi connectivity index (χ0v) is 16.6. The molecule has 0 bridgehead atoms. The molecule has 0 radical (unpaired) electrons. The molecule has 2 aliphatic rings. The lowest BCUT2D eigenvalue weighted by Crippen LogP contribution is -2.61. The zero-order valence-electron chi connectivity index (χ0n) is 16.6. The minimum absolute atomic E-state index is 0.108. The average molecular weight is 408 g/mol. The Labute approximate surface area is 174 Å². The van der Waals surface area contributed by atoms with Crippen LogP contribution < -0.4 is 20.7 Å². The van der Waals surface area contributed by atoms with E-state index in [1.807, 2.05) is 30.3 Å². The van der Waals surface area contributed by atoms with Crippen LogP contribution in [0.2, 0.25) is 0 Å². The minimum atomic E-state index is -0.581. The van der Waals surface area contributed by atoms with Crippen molar-refractivity contribution in [2.45, 2.75) is 31.0 Å². The molecule has 0 spiro atoms. The van der Waals surface area contributed by atoms with Gasteiger partial charge in [0, 0.05) is 18.7 Å². The Morgan fingerprint density at radius 2 is 1.87 bits per heavy atom. The molecular weight excluding hydrogens is 384 g/mol. The van der Waals surface area contributed by atoms with Crippen molar-refractivity contribution in [1.82, 2.24) is 15.5 Å². The topological polar surface area (TPSA) is 99.8 Å². The first-order valence-electron chi connectivity index (χ1n) is 9.90. The van der Waals surface area contributed by atoms with E-state index in [4.69, 9.17) is 4.74 Å². The van der Waals surface area contributed by atoms with Gasteiger partial charge in [0.15, 0.2) is 0 Å². The first-order chi connectivity index (χ1) is 14.5. The number of hydrogen-bond acceptors (Lipinski definition) is 4. The molecule has 8 nitrogen and oxygen atoms in total. The largest absolute Gasteiger partial charge is 0.497 e. The predicted octanol–water partition coefficient (Wildman–Crippen LogP) is 1.53. The maximum atomic E-state index is 12.9. The van der Waals surface area contributed by atoms with Gasteiger partial charge in [0.05, 0.1) is 13.2 Å². The van der Waals surface area contributed by atoms with Crippen molar-refractivity contribution >= 4 is 23.5 Å². The van der Waals surface area contributed by atoms with Crippen LogP contribution in [0.5, 0.6) is 5.75 Å². The fourth-order valence-electron chi connectivity index (χ4n) is 3.98. The Hall–Kier alpha value is -3.55. The standard InChI is InChI=1S/C22H24N4O4/c1-30-17-9-7-15(8-10-17)23-22(29)24-16-12-19-20(27)25-18(21(28)26(19)13-16)11-14-5-3-2-4-6-14/h2-10,16,18-19H,11-13H2,1H3,(H,25,27)(H2,23,24,29)/t16-,18-,19-/m1/s1. The van der Waals surface area contributed by atoms with E-state index in [0.717, 1.165) is 5.56 Å². The van der Waals surface area contributed by atoms with Gasteiger partial charge in [-0.1, -0.05) is 30.3 Å². The molecule has 30 heavy (non-hydrogen) atoms. The van der Waals surface area contributed by atoms with Crippen molar-refractivity contribution < 1.29 is 19.1 Å². The number of fused-ring (bicyclic) bond motifs is 1. The number of nitrogens with zero attached hydrogens (tertiary/aromatic N) is 1. The van der Waals surface area contributed by atoms with Crippen LogP contribution in [-0.4, -0.2) is 54.5 Å². The number of amides is 4. The molecule has 2 heterocycles. The SMILES string of the molecule is COc1ccc(NC(=O)N[C@@H]2C[C@@H]3C(=O)N[C@H](Cc4ccccc4)C(=O)N3C2)cc1. The smallest absolute Gasteiger partial charge is 0.319 e. The van der Waals surface area contributed by atoms with Gasteiger partial charge in [0.2, 0.25) is 11.8 Å². The summed E-state index contributed by atoms with van der Waals surface area (Å²) in [5, 5.41) is 8.46. The van der Waals surface area contributed by atoms with E-state index >= 15 is 0 Å². The highest BCUT2D eigenvalue weighted by Crippen LogP contribution is 2.24. The summed E-state index contributed by atoms with van der Waals surface area (Å²) in [4.78, 5) is 39.4. The second-order valence-corrected chi connectivity index (χ2v) is 7.52. The van der Waals surface area contributed by atoms with Gasteiger partial charge >= 0.3 is 6.03 Å². The third-order valence-corrected chi connectivity index (χ3v) is 5.47. The van der Waals surface area contributed by atoms with Gasteiger partial charge in [-0.2, -0.15) is 0 Å². The van der Waals surface area contributed by atoms with E-state index in [-0.39, 0.29) is 23.9 Å². The van der Waals surface area contributed by atoms with Crippen molar-refractivity contribution in [2.75, 3.05) is 19.0 Å². The lowest BCUT2D eigenvalue weighted by molar-refractivity contribution is -0.147. The summed E-state index contributed by atoms with van der Waals surface area (Å²) in [6.45, 7) is 0.318. The fourth-order valence-corrected chi connectivity index (χ4v) is 3.98. The molecular formula is C22H24N4O4. The molecule has 3 atom stereocenters. The highest BCUT2D eigenvalue weighted by Gasteiger charge is 2.46. The van der Waals surface area contributed by atoms with E-state index in [2.05, 4.69) is 16.0 Å². The number of nitrogens with one attached hydrogen (secondary N) is 3. The number of ether oxygens (including phenoxy) is 1. The monoisotopic (exact) mass is 408 g/mol. The van der Waals surface area contributed by atoms with Gasteiger partial charge in [0.25, 0.3) is 0 Å². The maximum Gasteiger partial charge on any atom is 0.319 e. The summed E-state index contributed by atoms with van der Waals surface area (Å²) >= 11 is 0. The van der Waals surface area contributed by atoms with Crippen LogP contribution in [-0.2, 0) is 16.0 Å². The third kappa shape index (κ3) is 4.22. The number of methoxy groups -OCH3 is 1. The molecule has 156 valence electrons. The van der Waals surface area contributed by atoms with Crippen molar-refractivity contribution in [3.63, 3.8) is 0 Å². The quantitative estimate of drug-likeness (QED) is 0.699. The van der Waals surface area contributed by atoms with Crippen molar-refractivity contribution in [3.8, 4) is 5.75 Å². The van der Waals surface area contributed by atoms with E-state index in [1.165, 1.54) is 0 Å². The number of hydrogen-bond donors (Lipinski definition) is 3. The van der Waals surface area contributed by atoms with Crippen molar-refractivity contribution in [1.29, 1.82) is 0 Å². The molecule has 0 aromatic heterocycles. The number of benzene rings is 2. The Kier molecular flexibility index (Phi) is 5.56. The number of urea groups is 1. The Balaban J connectivity index is 1.35. The zero-order chi connectivity index (χ0) is 21.1. The van der Waals surface area contributed by atoms with Gasteiger partial charge in [-0.15, -0.1) is 0 Å². The second-order valence-electron chi connectivity index (χ2n) is 7.52. The van der Waals surface area contributed by atoms with Crippen molar-refractivity contribution in [3.05, 3.63) is 60.2 Å². The molecule has 0 unspecified atom stereocenters. The Bertz CT molecular complexity index is 932. The molecule has 0 aliphatic carbocycles. The molecule has 2 fully saturated rings. The van der Waals surface area contributed by atoms with Gasteiger partial charge in [-0.05, 0) is 36.2 Å². The molecule has 4 rings (SSSR count). The number of carbonyl (C=O) groups excluding carboxylic acids is 3. The van der Waals surface area contributed by atoms with Crippen LogP contribution in [0.1, 0.15) is 12.0 Å². The molecule has 2 aliphatic heterocycles. The summed E-state index contributed by atoms with van der Waals surface area (Å²) in [7, 11) is 1.58. The van der Waals surface area contributed by atoms with E-state index < -0.39 is 12.1 Å². The molecule has 4 amide bonds. The van der Waals surface area contributed by atoms with Crippen LogP contribution in [0.3, 0.4) is 0 Å². The molecule has 3 N–H and O–H groups in total. The molecule has 2 saturated heterocycles. The predicted molar refractivity (Wildman–Crippen MR) is 111 cm³/mol. The number of rotatable bonds is 5. The molecule has 2 aromatic rings. The second kappa shape index (κ2) is 8.44. The van der Waals surface area contributed by atoms with Crippen molar-refractivity contribution in [2.24, 2.45) is 0 Å². The summed E-state index contributed by atoms with van der Waals surface area (Å²) in [5.74, 6) is 0.418. The molecule has 2 aromatic carbocycles. The number of anilines is 1. The fraction of sp³-hybridized carbons (Fsp3) is 0.318. The Morgan fingerprint density at radius 3 is 2.57 bits per heavy atom. The van der Waals surface area contributed by atoms with E-state index in [9.17, 15) is 14.4 Å².